The van der Waals surface area contributed by atoms with Gasteiger partial charge in [-0.3, -0.25) is 14.4 Å². The van der Waals surface area contributed by atoms with Gasteiger partial charge in [0.05, 0.1) is 0 Å². The molecule has 0 aliphatic rings. The van der Waals surface area contributed by atoms with Gasteiger partial charge in [-0.2, -0.15) is 0 Å². The van der Waals surface area contributed by atoms with Crippen LogP contribution in [0.15, 0.2) is 146 Å². The fourth-order valence-corrected chi connectivity index (χ4v) is 8.46. The predicted molar refractivity (Wildman–Crippen MR) is 343 cm³/mol. The van der Waals surface area contributed by atoms with Crippen LogP contribution in [0.4, 0.5) is 0 Å². The molecule has 0 saturated heterocycles. The molecule has 6 nitrogen and oxygen atoms in total. The highest BCUT2D eigenvalue weighted by molar-refractivity contribution is 5.71. The van der Waals surface area contributed by atoms with E-state index >= 15 is 0 Å². The number of hydrogen-bond acceptors (Lipinski definition) is 6. The van der Waals surface area contributed by atoms with Crippen LogP contribution in [-0.4, -0.2) is 37.2 Å². The smallest absolute Gasteiger partial charge is 0.306 e. The summed E-state index contributed by atoms with van der Waals surface area (Å²) in [7, 11) is 0. The molecule has 6 heteroatoms. The van der Waals surface area contributed by atoms with Gasteiger partial charge in [0.2, 0.25) is 0 Å². The molecule has 1 atom stereocenters. The third-order valence-electron chi connectivity index (χ3n) is 13.3. The average Bonchev–Trinajstić information content (AvgIpc) is 3.45. The number of esters is 3. The Morgan fingerprint density at radius 2 is 0.494 bits per heavy atom. The van der Waals surface area contributed by atoms with Crippen molar-refractivity contribution in [3.8, 4) is 0 Å². The summed E-state index contributed by atoms with van der Waals surface area (Å²) in [4.78, 5) is 38.2. The zero-order valence-corrected chi connectivity index (χ0v) is 51.1. The van der Waals surface area contributed by atoms with Crippen molar-refractivity contribution in [3.05, 3.63) is 146 Å². The molecule has 0 aromatic rings. The van der Waals surface area contributed by atoms with Crippen LogP contribution in [0, 0.1) is 0 Å². The molecule has 1 unspecified atom stereocenters. The van der Waals surface area contributed by atoms with Crippen molar-refractivity contribution in [2.75, 3.05) is 13.2 Å². The first-order valence-electron chi connectivity index (χ1n) is 32.3. The lowest BCUT2D eigenvalue weighted by atomic mass is 10.1. The first-order valence-corrected chi connectivity index (χ1v) is 32.3. The van der Waals surface area contributed by atoms with Crippen LogP contribution in [0.3, 0.4) is 0 Å². The van der Waals surface area contributed by atoms with Crippen molar-refractivity contribution in [1.29, 1.82) is 0 Å². The molecule has 0 bridgehead atoms. The van der Waals surface area contributed by atoms with Crippen molar-refractivity contribution < 1.29 is 28.6 Å². The molecular weight excluding hydrogens is 973 g/mol. The van der Waals surface area contributed by atoms with Gasteiger partial charge in [-0.1, -0.05) is 256 Å². The first kappa shape index (κ1) is 74.3. The lowest BCUT2D eigenvalue weighted by Crippen LogP contribution is -2.30. The quantitative estimate of drug-likeness (QED) is 0.0261. The van der Waals surface area contributed by atoms with Crippen LogP contribution >= 0.6 is 0 Å². The fraction of sp³-hybridized carbons (Fsp3) is 0.630. The van der Waals surface area contributed by atoms with Crippen LogP contribution in [0.5, 0.6) is 0 Å². The summed E-state index contributed by atoms with van der Waals surface area (Å²) >= 11 is 0. The zero-order valence-electron chi connectivity index (χ0n) is 51.1. The maximum absolute atomic E-state index is 12.9. The number of carbonyl (C=O) groups excluding carboxylic acids is 3. The molecule has 0 aromatic carbocycles. The molecule has 0 radical (unpaired) electrons. The van der Waals surface area contributed by atoms with Gasteiger partial charge in [0.15, 0.2) is 6.10 Å². The van der Waals surface area contributed by atoms with Crippen LogP contribution in [0.1, 0.15) is 278 Å². The number of unbranched alkanes of at least 4 members (excludes halogenated alkanes) is 22. The molecule has 0 N–H and O–H groups in total. The highest BCUT2D eigenvalue weighted by Gasteiger charge is 2.19. The Hall–Kier alpha value is -4.71. The standard InChI is InChI=1S/C73H118O6/c1-4-7-10-13-16-19-22-25-27-29-30-31-32-33-34-35-36-37-38-39-40-41-42-43-44-45-47-48-51-54-57-60-63-66-72(75)78-69-70(68-77-71(74)65-62-59-56-53-50-24-21-18-15-12-9-6-3)79-73(76)67-64-61-58-55-52-49-46-28-26-23-20-17-14-11-8-5-2/h7,10,16,18-19,21,25,27-28,30-31,33-34,36-37,39-40,42-43,45-47,51,54,70H,4-6,8-9,11-15,17,20,22-24,26,29,32,35,38,41,44,48-50,52-53,55-69H2,1-3H3/b10-7-,19-16-,21-18-,27-25-,31-30-,34-33-,37-36-,40-39-,43-42-,46-28-,47-45-,54-51-. The van der Waals surface area contributed by atoms with Crippen molar-refractivity contribution in [1.82, 2.24) is 0 Å². The summed E-state index contributed by atoms with van der Waals surface area (Å²) < 4.78 is 16.8. The number of hydrogen-bond donors (Lipinski definition) is 0. The monoisotopic (exact) mass is 1090 g/mol. The van der Waals surface area contributed by atoms with Gasteiger partial charge in [-0.25, -0.2) is 0 Å². The van der Waals surface area contributed by atoms with E-state index in [1.807, 2.05) is 0 Å². The summed E-state index contributed by atoms with van der Waals surface area (Å²) in [6, 6.07) is 0. The lowest BCUT2D eigenvalue weighted by Gasteiger charge is -2.18. The molecule has 0 saturated carbocycles. The van der Waals surface area contributed by atoms with Crippen LogP contribution < -0.4 is 0 Å². The largest absolute Gasteiger partial charge is 0.462 e. The van der Waals surface area contributed by atoms with Crippen molar-refractivity contribution in [3.63, 3.8) is 0 Å². The minimum Gasteiger partial charge on any atom is -0.462 e. The molecule has 0 heterocycles. The third-order valence-corrected chi connectivity index (χ3v) is 13.3. The van der Waals surface area contributed by atoms with E-state index in [0.717, 1.165) is 141 Å². The lowest BCUT2D eigenvalue weighted by molar-refractivity contribution is -0.167. The summed E-state index contributed by atoms with van der Waals surface area (Å²) in [5.74, 6) is -0.967. The summed E-state index contributed by atoms with van der Waals surface area (Å²) in [6.45, 7) is 6.45. The number of rotatable bonds is 57. The van der Waals surface area contributed by atoms with Crippen LogP contribution in [0.2, 0.25) is 0 Å². The highest BCUT2D eigenvalue weighted by Crippen LogP contribution is 2.14. The van der Waals surface area contributed by atoms with Crippen molar-refractivity contribution in [2.24, 2.45) is 0 Å². The molecule has 79 heavy (non-hydrogen) atoms. The van der Waals surface area contributed by atoms with Gasteiger partial charge >= 0.3 is 17.9 Å². The Morgan fingerprint density at radius 3 is 0.835 bits per heavy atom. The SMILES string of the molecule is CC/C=C\C/C=C\C/C=C\C/C=C\C/C=C\C/C=C\C/C=C\C/C=C\C/C=C\C/C=C\CCCCC(=O)OCC(COC(=O)CCCCCCC/C=C\CCCCC)OC(=O)CCCCCCC/C=C\CCCCCCCCC. The molecule has 0 amide bonds. The van der Waals surface area contributed by atoms with E-state index < -0.39 is 6.10 Å². The minimum absolute atomic E-state index is 0.103. The molecule has 446 valence electrons. The summed E-state index contributed by atoms with van der Waals surface area (Å²) in [5, 5.41) is 0. The van der Waals surface area contributed by atoms with E-state index in [-0.39, 0.29) is 31.1 Å². The summed E-state index contributed by atoms with van der Waals surface area (Å²) in [6.07, 6.45) is 94.3. The van der Waals surface area contributed by atoms with Crippen molar-refractivity contribution >= 4 is 17.9 Å². The predicted octanol–water partition coefficient (Wildman–Crippen LogP) is 22.3. The van der Waals surface area contributed by atoms with E-state index in [1.54, 1.807) is 0 Å². The summed E-state index contributed by atoms with van der Waals surface area (Å²) in [5.41, 5.74) is 0. The van der Waals surface area contributed by atoms with Gasteiger partial charge in [0, 0.05) is 19.3 Å². The van der Waals surface area contributed by atoms with Gasteiger partial charge in [0.25, 0.3) is 0 Å². The molecule has 0 aliphatic carbocycles. The number of ether oxygens (including phenoxy) is 3. The van der Waals surface area contributed by atoms with E-state index in [4.69, 9.17) is 14.2 Å². The Bertz CT molecular complexity index is 1730. The maximum atomic E-state index is 12.9. The van der Waals surface area contributed by atoms with E-state index in [2.05, 4.69) is 167 Å². The highest BCUT2D eigenvalue weighted by atomic mass is 16.6. The molecule has 0 aromatic heterocycles. The molecule has 0 fully saturated rings. The molecule has 0 aliphatic heterocycles. The average molecular weight is 1090 g/mol. The Balaban J connectivity index is 4.38. The van der Waals surface area contributed by atoms with E-state index in [1.165, 1.54) is 89.9 Å². The van der Waals surface area contributed by atoms with Gasteiger partial charge < -0.3 is 14.2 Å². The normalized spacial score (nSPS) is 13.1. The Kier molecular flexibility index (Phi) is 61.9. The third kappa shape index (κ3) is 64.0. The minimum atomic E-state index is -0.809. The maximum Gasteiger partial charge on any atom is 0.306 e. The fourth-order valence-electron chi connectivity index (χ4n) is 8.46. The second-order valence-corrected chi connectivity index (χ2v) is 20.9. The van der Waals surface area contributed by atoms with Gasteiger partial charge in [-0.05, 0) is 148 Å². The van der Waals surface area contributed by atoms with Crippen LogP contribution in [-0.2, 0) is 28.6 Å². The van der Waals surface area contributed by atoms with Gasteiger partial charge in [-0.15, -0.1) is 0 Å². The number of carbonyl (C=O) groups is 3. The second-order valence-electron chi connectivity index (χ2n) is 20.9. The van der Waals surface area contributed by atoms with E-state index in [9.17, 15) is 14.4 Å². The second kappa shape index (κ2) is 65.8. The Morgan fingerprint density at radius 1 is 0.266 bits per heavy atom. The molecule has 0 rings (SSSR count). The molecular formula is C73H118O6. The van der Waals surface area contributed by atoms with E-state index in [0.29, 0.717) is 25.7 Å². The Labute approximate surface area is 487 Å². The number of allylic oxidation sites excluding steroid dienone is 24. The first-order chi connectivity index (χ1) is 39.0. The van der Waals surface area contributed by atoms with Crippen LogP contribution in [0.25, 0.3) is 0 Å². The van der Waals surface area contributed by atoms with Crippen molar-refractivity contribution in [2.45, 2.75) is 284 Å². The zero-order chi connectivity index (χ0) is 57.1. The molecule has 0 spiro atoms. The van der Waals surface area contributed by atoms with Gasteiger partial charge in [0.1, 0.15) is 13.2 Å². The topological polar surface area (TPSA) is 78.9 Å².